The van der Waals surface area contributed by atoms with E-state index < -0.39 is 11.7 Å². The molecule has 2 aliphatic carbocycles. The third kappa shape index (κ3) is 4.43. The summed E-state index contributed by atoms with van der Waals surface area (Å²) < 4.78 is 47.5. The number of allylic oxidation sites excluding steroid dienone is 1. The minimum atomic E-state index is -4.56. The van der Waals surface area contributed by atoms with E-state index in [1.54, 1.807) is 0 Å². The molecule has 6 nitrogen and oxygen atoms in total. The van der Waals surface area contributed by atoms with Gasteiger partial charge in [0, 0.05) is 29.4 Å². The van der Waals surface area contributed by atoms with Crippen LogP contribution in [0.1, 0.15) is 65.9 Å². The highest BCUT2D eigenvalue weighted by Crippen LogP contribution is 2.41. The van der Waals surface area contributed by atoms with Crippen LogP contribution in [0, 0.1) is 13.8 Å². The van der Waals surface area contributed by atoms with Crippen LogP contribution >= 0.6 is 0 Å². The van der Waals surface area contributed by atoms with E-state index in [0.29, 0.717) is 23.8 Å². The standard InChI is InChI=1S/C28H30F3N5O/c1-16-25(17(2)37-35-16)19-9-10-20-18(14-19)8-11-21(20)26-22(28(29,30)31)15-32-27(34-26)33-23-6-5-7-24(23)36-12-3-4-13-36/h9-11,14-15,23-24H,3-8,12-13H2,1-2H3,(H,32,33,34)/t23-,24-/m0/s1. The maximum Gasteiger partial charge on any atom is 0.419 e. The van der Waals surface area contributed by atoms with Crippen LogP contribution in [-0.2, 0) is 12.6 Å². The van der Waals surface area contributed by atoms with E-state index in [0.717, 1.165) is 66.5 Å². The molecule has 1 aliphatic heterocycles. The summed E-state index contributed by atoms with van der Waals surface area (Å²) in [4.78, 5) is 11.1. The Morgan fingerprint density at radius 2 is 1.89 bits per heavy atom. The molecule has 9 heteroatoms. The van der Waals surface area contributed by atoms with Crippen LogP contribution in [0.25, 0.3) is 16.7 Å². The summed E-state index contributed by atoms with van der Waals surface area (Å²) in [6.07, 6.45) is 4.32. The molecule has 3 aromatic rings. The Labute approximate surface area is 214 Å². The number of hydrogen-bond donors (Lipinski definition) is 1. The minimum absolute atomic E-state index is 0.0652. The lowest BCUT2D eigenvalue weighted by molar-refractivity contribution is -0.138. The summed E-state index contributed by atoms with van der Waals surface area (Å²) >= 11 is 0. The summed E-state index contributed by atoms with van der Waals surface area (Å²) in [6.45, 7) is 5.91. The predicted molar refractivity (Wildman–Crippen MR) is 135 cm³/mol. The highest BCUT2D eigenvalue weighted by Gasteiger charge is 2.38. The van der Waals surface area contributed by atoms with Crippen LogP contribution < -0.4 is 5.32 Å². The molecule has 2 aromatic heterocycles. The van der Waals surface area contributed by atoms with Gasteiger partial charge in [0.2, 0.25) is 5.95 Å². The van der Waals surface area contributed by atoms with Crippen molar-refractivity contribution in [3.05, 3.63) is 64.3 Å². The van der Waals surface area contributed by atoms with Crippen LogP contribution in [0.15, 0.2) is 35.0 Å². The predicted octanol–water partition coefficient (Wildman–Crippen LogP) is 6.18. The lowest BCUT2D eigenvalue weighted by Crippen LogP contribution is -2.42. The minimum Gasteiger partial charge on any atom is -0.361 e. The first-order valence-corrected chi connectivity index (χ1v) is 13.0. The van der Waals surface area contributed by atoms with Gasteiger partial charge in [-0.05, 0) is 82.2 Å². The first-order valence-electron chi connectivity index (χ1n) is 13.0. The quantitative estimate of drug-likeness (QED) is 0.443. The zero-order valence-corrected chi connectivity index (χ0v) is 21.0. The number of anilines is 1. The molecule has 1 saturated heterocycles. The molecule has 2 fully saturated rings. The Morgan fingerprint density at radius 3 is 2.62 bits per heavy atom. The average Bonchev–Trinajstić information content (AvgIpc) is 3.65. The van der Waals surface area contributed by atoms with Gasteiger partial charge in [0.05, 0.1) is 11.4 Å². The molecule has 1 saturated carbocycles. The average molecular weight is 510 g/mol. The number of fused-ring (bicyclic) bond motifs is 1. The number of hydrogen-bond acceptors (Lipinski definition) is 6. The third-order valence-corrected chi connectivity index (χ3v) is 8.00. The van der Waals surface area contributed by atoms with E-state index in [1.165, 1.54) is 12.8 Å². The van der Waals surface area contributed by atoms with Gasteiger partial charge in [0.25, 0.3) is 0 Å². The van der Waals surface area contributed by atoms with Crippen LogP contribution in [0.2, 0.25) is 0 Å². The number of nitrogens with one attached hydrogen (secondary N) is 1. The first-order chi connectivity index (χ1) is 17.8. The lowest BCUT2D eigenvalue weighted by Gasteiger charge is -2.29. The third-order valence-electron chi connectivity index (χ3n) is 8.00. The summed E-state index contributed by atoms with van der Waals surface area (Å²) in [6, 6.07) is 6.33. The second kappa shape index (κ2) is 9.28. The van der Waals surface area contributed by atoms with Gasteiger partial charge in [-0.15, -0.1) is 0 Å². The first kappa shape index (κ1) is 24.2. The highest BCUT2D eigenvalue weighted by atomic mass is 19.4. The number of likely N-dealkylation sites (tertiary alicyclic amines) is 1. The molecule has 0 radical (unpaired) electrons. The fraction of sp³-hybridized carbons (Fsp3) is 0.464. The van der Waals surface area contributed by atoms with Crippen molar-refractivity contribution in [2.45, 2.75) is 70.6 Å². The Bertz CT molecular complexity index is 1340. The smallest absolute Gasteiger partial charge is 0.361 e. The molecule has 3 aliphatic rings. The number of aryl methyl sites for hydroxylation is 2. The number of rotatable bonds is 5. The summed E-state index contributed by atoms with van der Waals surface area (Å²) in [7, 11) is 0. The van der Waals surface area contributed by atoms with Crippen molar-refractivity contribution < 1.29 is 17.7 Å². The lowest BCUT2D eigenvalue weighted by atomic mass is 9.95. The normalized spacial score (nSPS) is 21.9. The Morgan fingerprint density at radius 1 is 1.08 bits per heavy atom. The molecule has 3 heterocycles. The number of benzene rings is 1. The van der Waals surface area contributed by atoms with E-state index in [-0.39, 0.29) is 17.7 Å². The molecular formula is C28H30F3N5O. The summed E-state index contributed by atoms with van der Waals surface area (Å²) in [5.41, 5.74) is 4.00. The van der Waals surface area contributed by atoms with Gasteiger partial charge >= 0.3 is 6.18 Å². The SMILES string of the molecule is Cc1noc(C)c1-c1ccc2c(c1)CC=C2c1nc(N[C@H]2CCC[C@@H]2N2CCCC2)ncc1C(F)(F)F. The molecule has 37 heavy (non-hydrogen) atoms. The van der Waals surface area contributed by atoms with E-state index in [4.69, 9.17) is 4.52 Å². The van der Waals surface area contributed by atoms with Crippen LogP contribution in [0.3, 0.4) is 0 Å². The van der Waals surface area contributed by atoms with Crippen molar-refractivity contribution in [1.82, 2.24) is 20.0 Å². The van der Waals surface area contributed by atoms with E-state index in [1.807, 2.05) is 38.1 Å². The highest BCUT2D eigenvalue weighted by molar-refractivity contribution is 5.86. The van der Waals surface area contributed by atoms with Crippen molar-refractivity contribution >= 4 is 11.5 Å². The van der Waals surface area contributed by atoms with Gasteiger partial charge in [-0.3, -0.25) is 4.90 Å². The molecular weight excluding hydrogens is 479 g/mol. The van der Waals surface area contributed by atoms with Crippen LogP contribution in [0.5, 0.6) is 0 Å². The van der Waals surface area contributed by atoms with Gasteiger partial charge in [0.15, 0.2) is 0 Å². The van der Waals surface area contributed by atoms with Crippen LogP contribution in [0.4, 0.5) is 19.1 Å². The second-order valence-electron chi connectivity index (χ2n) is 10.3. The molecule has 1 N–H and O–H groups in total. The maximum atomic E-state index is 14.1. The Kier molecular flexibility index (Phi) is 6.06. The van der Waals surface area contributed by atoms with E-state index in [2.05, 4.69) is 25.3 Å². The van der Waals surface area contributed by atoms with Gasteiger partial charge in [-0.1, -0.05) is 29.4 Å². The van der Waals surface area contributed by atoms with E-state index >= 15 is 0 Å². The Balaban J connectivity index is 1.33. The Hall–Kier alpha value is -3.20. The number of aromatic nitrogens is 3. The topological polar surface area (TPSA) is 67.1 Å². The monoisotopic (exact) mass is 509 g/mol. The number of alkyl halides is 3. The zero-order chi connectivity index (χ0) is 25.7. The van der Waals surface area contributed by atoms with Gasteiger partial charge in [-0.25, -0.2) is 9.97 Å². The van der Waals surface area contributed by atoms with E-state index in [9.17, 15) is 13.2 Å². The zero-order valence-electron chi connectivity index (χ0n) is 21.0. The second-order valence-corrected chi connectivity index (χ2v) is 10.3. The van der Waals surface area contributed by atoms with Gasteiger partial charge in [-0.2, -0.15) is 13.2 Å². The fourth-order valence-electron chi connectivity index (χ4n) is 6.27. The summed E-state index contributed by atoms with van der Waals surface area (Å²) in [5.74, 6) is 0.981. The molecule has 0 amide bonds. The van der Waals surface area contributed by atoms with Gasteiger partial charge < -0.3 is 9.84 Å². The van der Waals surface area contributed by atoms with Gasteiger partial charge in [0.1, 0.15) is 11.3 Å². The van der Waals surface area contributed by atoms with Crippen LogP contribution in [-0.4, -0.2) is 45.2 Å². The fourth-order valence-corrected chi connectivity index (χ4v) is 6.27. The van der Waals surface area contributed by atoms with Crippen molar-refractivity contribution in [3.63, 3.8) is 0 Å². The number of halogens is 3. The molecule has 0 bridgehead atoms. The molecule has 0 unspecified atom stereocenters. The molecule has 6 rings (SSSR count). The maximum absolute atomic E-state index is 14.1. The molecule has 0 spiro atoms. The molecule has 2 atom stereocenters. The summed E-state index contributed by atoms with van der Waals surface area (Å²) in [5, 5.41) is 7.43. The van der Waals surface area contributed by atoms with Crippen molar-refractivity contribution in [3.8, 4) is 11.1 Å². The van der Waals surface area contributed by atoms with Crippen molar-refractivity contribution in [1.29, 1.82) is 0 Å². The van der Waals surface area contributed by atoms with Crippen molar-refractivity contribution in [2.24, 2.45) is 0 Å². The molecule has 1 aromatic carbocycles. The molecule has 194 valence electrons. The largest absolute Gasteiger partial charge is 0.419 e. The van der Waals surface area contributed by atoms with Crippen molar-refractivity contribution in [2.75, 3.05) is 18.4 Å². The number of nitrogens with zero attached hydrogens (tertiary/aromatic N) is 4.